The lowest BCUT2D eigenvalue weighted by Gasteiger charge is -2.29. The van der Waals surface area contributed by atoms with Gasteiger partial charge < -0.3 is 0 Å². The summed E-state index contributed by atoms with van der Waals surface area (Å²) in [5.41, 5.74) is 9.63. The smallest absolute Gasteiger partial charge is 0.145 e. The Kier molecular flexibility index (Phi) is 5.57. The maximum atomic E-state index is 5.17. The van der Waals surface area contributed by atoms with Gasteiger partial charge in [0.05, 0.1) is 17.4 Å². The number of benzene rings is 3. The number of imidazole rings is 1. The average molecular weight is 473 g/mol. The summed E-state index contributed by atoms with van der Waals surface area (Å²) in [6.45, 7) is 2.23. The van der Waals surface area contributed by atoms with E-state index >= 15 is 0 Å². The molecule has 0 aliphatic heterocycles. The molecule has 0 amide bonds. The number of aryl methyl sites for hydroxylation is 1. The Morgan fingerprint density at radius 3 is 1.97 bits per heavy atom. The topological polar surface area (TPSA) is 17.3 Å². The summed E-state index contributed by atoms with van der Waals surface area (Å²) in [7, 11) is 0. The molecule has 182 valence electrons. The molecular formula is C34H36N2. The normalized spacial score (nSPS) is 17.9. The van der Waals surface area contributed by atoms with Gasteiger partial charge in [-0.25, -0.2) is 4.98 Å². The number of pyridine rings is 1. The van der Waals surface area contributed by atoms with E-state index in [0.29, 0.717) is 11.8 Å². The Balaban J connectivity index is 1.58. The molecule has 0 spiro atoms. The first-order valence-corrected chi connectivity index (χ1v) is 14.2. The minimum absolute atomic E-state index is 0.663. The van der Waals surface area contributed by atoms with Crippen molar-refractivity contribution < 1.29 is 0 Å². The van der Waals surface area contributed by atoms with Crippen LogP contribution in [0.2, 0.25) is 0 Å². The third-order valence-electron chi connectivity index (χ3n) is 9.17. The second kappa shape index (κ2) is 9.07. The summed E-state index contributed by atoms with van der Waals surface area (Å²) in [6.07, 6.45) is 15.7. The van der Waals surface area contributed by atoms with E-state index in [1.54, 1.807) is 11.1 Å². The Morgan fingerprint density at radius 2 is 1.28 bits per heavy atom. The molecule has 0 N–H and O–H groups in total. The molecule has 0 unspecified atom stereocenters. The Labute approximate surface area is 214 Å². The summed E-state index contributed by atoms with van der Waals surface area (Å²) < 4.78 is 2.50. The number of para-hydroxylation sites is 1. The van der Waals surface area contributed by atoms with Crippen LogP contribution in [0.3, 0.4) is 0 Å². The predicted molar refractivity (Wildman–Crippen MR) is 152 cm³/mol. The van der Waals surface area contributed by atoms with E-state index in [2.05, 4.69) is 78.2 Å². The van der Waals surface area contributed by atoms with E-state index in [-0.39, 0.29) is 0 Å². The van der Waals surface area contributed by atoms with Crippen LogP contribution in [0.25, 0.3) is 38.6 Å². The Bertz CT molecular complexity index is 1530. The lowest BCUT2D eigenvalue weighted by atomic mass is 9.76. The van der Waals surface area contributed by atoms with Gasteiger partial charge in [-0.3, -0.25) is 4.40 Å². The van der Waals surface area contributed by atoms with E-state index in [1.165, 1.54) is 103 Å². The fraction of sp³-hybridized carbons (Fsp3) is 0.382. The minimum Gasteiger partial charge on any atom is -0.292 e. The van der Waals surface area contributed by atoms with Crippen molar-refractivity contribution in [2.45, 2.75) is 83.0 Å². The van der Waals surface area contributed by atoms with E-state index in [4.69, 9.17) is 4.98 Å². The highest BCUT2D eigenvalue weighted by molar-refractivity contribution is 6.13. The molecule has 2 heteroatoms. The van der Waals surface area contributed by atoms with Crippen molar-refractivity contribution in [3.8, 4) is 11.3 Å². The molecule has 2 aromatic heterocycles. The van der Waals surface area contributed by atoms with Gasteiger partial charge in [-0.15, -0.1) is 0 Å². The molecule has 2 aliphatic carbocycles. The fourth-order valence-corrected chi connectivity index (χ4v) is 7.43. The molecule has 36 heavy (non-hydrogen) atoms. The summed E-state index contributed by atoms with van der Waals surface area (Å²) in [4.78, 5) is 5.17. The highest BCUT2D eigenvalue weighted by Gasteiger charge is 2.27. The first-order valence-electron chi connectivity index (χ1n) is 14.2. The van der Waals surface area contributed by atoms with Crippen molar-refractivity contribution in [2.75, 3.05) is 0 Å². The predicted octanol–water partition coefficient (Wildman–Crippen LogP) is 9.71. The monoisotopic (exact) mass is 472 g/mol. The molecule has 0 bridgehead atoms. The van der Waals surface area contributed by atoms with Crippen LogP contribution in [0.4, 0.5) is 0 Å². The summed E-state index contributed by atoms with van der Waals surface area (Å²) in [5, 5.41) is 3.91. The van der Waals surface area contributed by atoms with Crippen molar-refractivity contribution >= 4 is 27.3 Å². The molecule has 2 aliphatic rings. The number of rotatable bonds is 3. The van der Waals surface area contributed by atoms with Gasteiger partial charge in [-0.1, -0.05) is 93.1 Å². The van der Waals surface area contributed by atoms with E-state index in [9.17, 15) is 0 Å². The van der Waals surface area contributed by atoms with E-state index in [0.717, 1.165) is 5.65 Å². The van der Waals surface area contributed by atoms with Gasteiger partial charge in [0.25, 0.3) is 0 Å². The van der Waals surface area contributed by atoms with Gasteiger partial charge in [-0.05, 0) is 72.6 Å². The Morgan fingerprint density at radius 1 is 0.667 bits per heavy atom. The van der Waals surface area contributed by atoms with Crippen LogP contribution in [0, 0.1) is 6.92 Å². The highest BCUT2D eigenvalue weighted by Crippen LogP contribution is 2.46. The average Bonchev–Trinajstić information content (AvgIpc) is 3.39. The second-order valence-electron chi connectivity index (χ2n) is 11.3. The SMILES string of the molecule is Cc1cccc2c3ccccc3n3c(-c4c(C5CCCCC5)cccc4C4CCCCC4)cnc3c12. The lowest BCUT2D eigenvalue weighted by molar-refractivity contribution is 0.436. The van der Waals surface area contributed by atoms with Crippen LogP contribution in [0.1, 0.15) is 92.7 Å². The molecule has 2 saturated carbocycles. The number of fused-ring (bicyclic) bond motifs is 6. The molecule has 3 aromatic carbocycles. The van der Waals surface area contributed by atoms with E-state index < -0.39 is 0 Å². The zero-order valence-electron chi connectivity index (χ0n) is 21.5. The third-order valence-corrected chi connectivity index (χ3v) is 9.17. The molecule has 2 heterocycles. The van der Waals surface area contributed by atoms with Crippen LogP contribution in [-0.4, -0.2) is 9.38 Å². The highest BCUT2D eigenvalue weighted by atomic mass is 15.0. The van der Waals surface area contributed by atoms with E-state index in [1.807, 2.05) is 0 Å². The van der Waals surface area contributed by atoms with Gasteiger partial charge in [0.15, 0.2) is 0 Å². The van der Waals surface area contributed by atoms with Gasteiger partial charge in [-0.2, -0.15) is 0 Å². The number of hydrogen-bond donors (Lipinski definition) is 0. The van der Waals surface area contributed by atoms with Crippen LogP contribution in [0.5, 0.6) is 0 Å². The molecule has 7 rings (SSSR count). The second-order valence-corrected chi connectivity index (χ2v) is 11.3. The molecule has 2 fully saturated rings. The van der Waals surface area contributed by atoms with Crippen molar-refractivity contribution in [1.29, 1.82) is 0 Å². The maximum absolute atomic E-state index is 5.17. The van der Waals surface area contributed by atoms with Crippen molar-refractivity contribution in [2.24, 2.45) is 0 Å². The fourth-order valence-electron chi connectivity index (χ4n) is 7.43. The number of nitrogens with zero attached hydrogens (tertiary/aromatic N) is 2. The van der Waals surface area contributed by atoms with Crippen LogP contribution in [-0.2, 0) is 0 Å². The Hall–Kier alpha value is -3.13. The maximum Gasteiger partial charge on any atom is 0.145 e. The van der Waals surface area contributed by atoms with Crippen LogP contribution in [0.15, 0.2) is 66.9 Å². The minimum atomic E-state index is 0.663. The first kappa shape index (κ1) is 22.1. The quantitative estimate of drug-likeness (QED) is 0.239. The standard InChI is InChI=1S/C34H36N2/c1-23-12-10-20-29-28-17-8-9-21-30(28)36-31(22-35-34(36)32(23)29)33-26(24-13-4-2-5-14-24)18-11-19-27(33)25-15-6-3-7-16-25/h8-12,17-22,24-25H,2-7,13-16H2,1H3. The van der Waals surface area contributed by atoms with Crippen molar-refractivity contribution in [1.82, 2.24) is 9.38 Å². The van der Waals surface area contributed by atoms with Crippen molar-refractivity contribution in [3.05, 3.63) is 83.6 Å². The van der Waals surface area contributed by atoms with Crippen LogP contribution < -0.4 is 0 Å². The number of hydrogen-bond acceptors (Lipinski definition) is 1. The first-order chi connectivity index (χ1) is 17.8. The summed E-state index contributed by atoms with van der Waals surface area (Å²) in [5.74, 6) is 1.33. The van der Waals surface area contributed by atoms with Gasteiger partial charge in [0.1, 0.15) is 5.65 Å². The summed E-state index contributed by atoms with van der Waals surface area (Å²) >= 11 is 0. The largest absolute Gasteiger partial charge is 0.292 e. The zero-order valence-corrected chi connectivity index (χ0v) is 21.5. The zero-order chi connectivity index (χ0) is 24.1. The van der Waals surface area contributed by atoms with Crippen LogP contribution >= 0.6 is 0 Å². The number of aromatic nitrogens is 2. The molecule has 5 aromatic rings. The summed E-state index contributed by atoms with van der Waals surface area (Å²) in [6, 6.07) is 22.9. The lowest BCUT2D eigenvalue weighted by Crippen LogP contribution is -2.12. The third kappa shape index (κ3) is 3.49. The van der Waals surface area contributed by atoms with Gasteiger partial charge >= 0.3 is 0 Å². The van der Waals surface area contributed by atoms with Gasteiger partial charge in [0.2, 0.25) is 0 Å². The molecule has 0 radical (unpaired) electrons. The molecule has 0 saturated heterocycles. The van der Waals surface area contributed by atoms with Crippen molar-refractivity contribution in [3.63, 3.8) is 0 Å². The van der Waals surface area contributed by atoms with Gasteiger partial charge in [0, 0.05) is 16.3 Å². The molecule has 0 atom stereocenters. The molecular weight excluding hydrogens is 436 g/mol. The molecule has 2 nitrogen and oxygen atoms in total.